The molecule has 0 aromatic rings. The second-order valence-corrected chi connectivity index (χ2v) is 7.74. The lowest BCUT2D eigenvalue weighted by atomic mass is 9.82. The molecule has 1 saturated carbocycles. The molecule has 0 aromatic carbocycles. The Hall–Kier alpha value is -0.120. The summed E-state index contributed by atoms with van der Waals surface area (Å²) < 4.78 is 5.69. The summed E-state index contributed by atoms with van der Waals surface area (Å²) in [6.45, 7) is 12.5. The number of rotatable bonds is 3. The minimum absolute atomic E-state index is 0.195. The van der Waals surface area contributed by atoms with Gasteiger partial charge in [0.1, 0.15) is 0 Å². The van der Waals surface area contributed by atoms with E-state index in [2.05, 4.69) is 32.6 Å². The quantitative estimate of drug-likeness (QED) is 0.854. The van der Waals surface area contributed by atoms with Crippen molar-refractivity contribution < 1.29 is 4.74 Å². The van der Waals surface area contributed by atoms with Crippen LogP contribution in [0.4, 0.5) is 0 Å². The summed E-state index contributed by atoms with van der Waals surface area (Å²) in [6.07, 6.45) is 4.11. The van der Waals surface area contributed by atoms with Gasteiger partial charge in [-0.2, -0.15) is 0 Å². The molecule has 1 aliphatic carbocycles. The summed E-state index contributed by atoms with van der Waals surface area (Å²) >= 11 is 0. The van der Waals surface area contributed by atoms with E-state index in [9.17, 15) is 0 Å². The van der Waals surface area contributed by atoms with Crippen molar-refractivity contribution in [3.63, 3.8) is 0 Å². The fourth-order valence-corrected chi connectivity index (χ4v) is 4.67. The number of nitrogens with two attached hydrogens (primary N) is 1. The topological polar surface area (TPSA) is 38.5 Å². The Labute approximate surface area is 118 Å². The third kappa shape index (κ3) is 2.70. The normalized spacial score (nSPS) is 43.6. The summed E-state index contributed by atoms with van der Waals surface area (Å²) in [6, 6.07) is 0. The van der Waals surface area contributed by atoms with E-state index in [1.807, 2.05) is 7.11 Å². The van der Waals surface area contributed by atoms with E-state index in [4.69, 9.17) is 10.5 Å². The maximum absolute atomic E-state index is 6.25. The Morgan fingerprint density at radius 3 is 2.47 bits per heavy atom. The lowest BCUT2D eigenvalue weighted by Gasteiger charge is -2.49. The Morgan fingerprint density at radius 1 is 1.32 bits per heavy atom. The Bertz CT molecular complexity index is 318. The minimum Gasteiger partial charge on any atom is -0.380 e. The van der Waals surface area contributed by atoms with Gasteiger partial charge in [0.25, 0.3) is 0 Å². The van der Waals surface area contributed by atoms with Crippen LogP contribution >= 0.6 is 0 Å². The SMILES string of the molecule is COC1CN(C2(CN)CC(C)(C)CC2C)CCC1C. The first kappa shape index (κ1) is 15.3. The van der Waals surface area contributed by atoms with Gasteiger partial charge in [0.05, 0.1) is 6.10 Å². The molecule has 0 amide bonds. The zero-order chi connectivity index (χ0) is 14.3. The van der Waals surface area contributed by atoms with E-state index in [-0.39, 0.29) is 5.54 Å². The van der Waals surface area contributed by atoms with Crippen molar-refractivity contribution in [2.45, 2.75) is 58.6 Å². The zero-order valence-corrected chi connectivity index (χ0v) is 13.4. The van der Waals surface area contributed by atoms with Crippen LogP contribution in [0, 0.1) is 17.3 Å². The minimum atomic E-state index is 0.195. The first-order valence-corrected chi connectivity index (χ1v) is 7.82. The summed E-state index contributed by atoms with van der Waals surface area (Å²) in [5.74, 6) is 1.35. The maximum atomic E-state index is 6.25. The molecule has 0 spiro atoms. The van der Waals surface area contributed by atoms with E-state index in [0.717, 1.165) is 13.1 Å². The van der Waals surface area contributed by atoms with Crippen molar-refractivity contribution in [1.82, 2.24) is 4.90 Å². The molecular formula is C16H32N2O. The monoisotopic (exact) mass is 268 g/mol. The molecule has 0 bridgehead atoms. The maximum Gasteiger partial charge on any atom is 0.0724 e. The number of ether oxygens (including phenoxy) is 1. The molecule has 4 unspecified atom stereocenters. The molecule has 1 heterocycles. The van der Waals surface area contributed by atoms with Crippen LogP contribution < -0.4 is 5.73 Å². The van der Waals surface area contributed by atoms with Crippen LogP contribution in [0.2, 0.25) is 0 Å². The van der Waals surface area contributed by atoms with Crippen molar-refractivity contribution >= 4 is 0 Å². The van der Waals surface area contributed by atoms with Gasteiger partial charge in [0.15, 0.2) is 0 Å². The van der Waals surface area contributed by atoms with Gasteiger partial charge in [-0.1, -0.05) is 27.7 Å². The van der Waals surface area contributed by atoms with Crippen LogP contribution in [0.1, 0.15) is 47.0 Å². The molecule has 2 aliphatic rings. The molecule has 4 atom stereocenters. The second kappa shape index (κ2) is 5.34. The average molecular weight is 268 g/mol. The van der Waals surface area contributed by atoms with E-state index in [1.165, 1.54) is 25.8 Å². The lowest BCUT2D eigenvalue weighted by Crippen LogP contribution is -2.61. The highest BCUT2D eigenvalue weighted by Crippen LogP contribution is 2.50. The van der Waals surface area contributed by atoms with E-state index < -0.39 is 0 Å². The molecule has 0 aromatic heterocycles. The van der Waals surface area contributed by atoms with Crippen LogP contribution in [-0.2, 0) is 4.74 Å². The Kier molecular flexibility index (Phi) is 4.29. The van der Waals surface area contributed by atoms with Crippen LogP contribution in [0.3, 0.4) is 0 Å². The first-order chi connectivity index (χ1) is 8.84. The van der Waals surface area contributed by atoms with Gasteiger partial charge in [0, 0.05) is 25.7 Å². The number of nitrogens with zero attached hydrogens (tertiary/aromatic N) is 1. The smallest absolute Gasteiger partial charge is 0.0724 e. The molecule has 112 valence electrons. The van der Waals surface area contributed by atoms with Crippen molar-refractivity contribution in [3.8, 4) is 0 Å². The van der Waals surface area contributed by atoms with Gasteiger partial charge < -0.3 is 10.5 Å². The fraction of sp³-hybridized carbons (Fsp3) is 1.00. The van der Waals surface area contributed by atoms with Crippen LogP contribution in [0.5, 0.6) is 0 Å². The van der Waals surface area contributed by atoms with Gasteiger partial charge in [-0.05, 0) is 43.1 Å². The van der Waals surface area contributed by atoms with Crippen LogP contribution in [0.25, 0.3) is 0 Å². The molecular weight excluding hydrogens is 236 g/mol. The number of hydrogen-bond donors (Lipinski definition) is 1. The third-order valence-corrected chi connectivity index (χ3v) is 5.74. The van der Waals surface area contributed by atoms with E-state index in [1.54, 1.807) is 0 Å². The number of likely N-dealkylation sites (tertiary alicyclic amines) is 1. The van der Waals surface area contributed by atoms with Crippen molar-refractivity contribution in [2.75, 3.05) is 26.7 Å². The Balaban J connectivity index is 2.18. The van der Waals surface area contributed by atoms with Gasteiger partial charge in [-0.15, -0.1) is 0 Å². The third-order valence-electron chi connectivity index (χ3n) is 5.74. The molecule has 2 fully saturated rings. The highest BCUT2D eigenvalue weighted by Gasteiger charge is 2.52. The molecule has 0 radical (unpaired) electrons. The molecule has 3 heteroatoms. The summed E-state index contributed by atoms with van der Waals surface area (Å²) in [5.41, 5.74) is 6.87. The molecule has 19 heavy (non-hydrogen) atoms. The van der Waals surface area contributed by atoms with Gasteiger partial charge in [-0.25, -0.2) is 0 Å². The predicted octanol–water partition coefficient (Wildman–Crippen LogP) is 2.50. The molecule has 2 rings (SSSR count). The number of piperidine rings is 1. The van der Waals surface area contributed by atoms with E-state index >= 15 is 0 Å². The average Bonchev–Trinajstić information content (AvgIpc) is 2.60. The van der Waals surface area contributed by atoms with Crippen molar-refractivity contribution in [1.29, 1.82) is 0 Å². The number of methoxy groups -OCH3 is 1. The highest BCUT2D eigenvalue weighted by atomic mass is 16.5. The standard InChI is InChI=1S/C16H32N2O/c1-12-6-7-18(9-14(12)19-5)16(11-17)10-15(3,4)8-13(16)2/h12-14H,6-11,17H2,1-5H3. The van der Waals surface area contributed by atoms with Crippen LogP contribution in [0.15, 0.2) is 0 Å². The molecule has 1 saturated heterocycles. The largest absolute Gasteiger partial charge is 0.380 e. The summed E-state index contributed by atoms with van der Waals surface area (Å²) in [7, 11) is 1.85. The van der Waals surface area contributed by atoms with E-state index in [0.29, 0.717) is 23.4 Å². The molecule has 1 aliphatic heterocycles. The summed E-state index contributed by atoms with van der Waals surface area (Å²) in [5, 5.41) is 0. The molecule has 2 N–H and O–H groups in total. The van der Waals surface area contributed by atoms with Crippen molar-refractivity contribution in [2.24, 2.45) is 23.0 Å². The van der Waals surface area contributed by atoms with Crippen LogP contribution in [-0.4, -0.2) is 43.3 Å². The van der Waals surface area contributed by atoms with Gasteiger partial charge >= 0.3 is 0 Å². The van der Waals surface area contributed by atoms with Gasteiger partial charge in [0.2, 0.25) is 0 Å². The Morgan fingerprint density at radius 2 is 2.00 bits per heavy atom. The first-order valence-electron chi connectivity index (χ1n) is 7.82. The zero-order valence-electron chi connectivity index (χ0n) is 13.4. The second-order valence-electron chi connectivity index (χ2n) is 7.74. The van der Waals surface area contributed by atoms with Gasteiger partial charge in [-0.3, -0.25) is 4.90 Å². The summed E-state index contributed by atoms with van der Waals surface area (Å²) in [4.78, 5) is 2.65. The fourth-order valence-electron chi connectivity index (χ4n) is 4.67. The molecule has 3 nitrogen and oxygen atoms in total. The number of hydrogen-bond acceptors (Lipinski definition) is 3. The predicted molar refractivity (Wildman–Crippen MR) is 80.1 cm³/mol. The lowest BCUT2D eigenvalue weighted by molar-refractivity contribution is -0.0552. The van der Waals surface area contributed by atoms with Crippen molar-refractivity contribution in [3.05, 3.63) is 0 Å². The highest BCUT2D eigenvalue weighted by molar-refractivity contribution is 5.07.